The van der Waals surface area contributed by atoms with E-state index in [2.05, 4.69) is 92.8 Å². The van der Waals surface area contributed by atoms with Crippen LogP contribution in [0.15, 0.2) is 85.1 Å². The Hall–Kier alpha value is -2.85. The molecule has 62 heavy (non-hydrogen) atoms. The highest BCUT2D eigenvalue weighted by Gasteiger charge is 2.27. The molecule has 0 rings (SSSR count). The van der Waals surface area contributed by atoms with Crippen molar-refractivity contribution < 1.29 is 42.7 Å². The van der Waals surface area contributed by atoms with Gasteiger partial charge in [-0.1, -0.05) is 202 Å². The number of ether oxygens (including phenoxy) is 2. The first kappa shape index (κ1) is 59.1. The maximum Gasteiger partial charge on any atom is 0.472 e. The minimum absolute atomic E-state index is 0.00883. The predicted molar refractivity (Wildman–Crippen MR) is 258 cm³/mol. The normalized spacial score (nSPS) is 14.5. The van der Waals surface area contributed by atoms with Crippen molar-refractivity contribution in [1.29, 1.82) is 0 Å². The number of phosphoric acid groups is 1. The van der Waals surface area contributed by atoms with Crippen LogP contribution in [-0.4, -0.2) is 60.5 Å². The molecule has 0 saturated heterocycles. The molecule has 0 saturated carbocycles. The summed E-state index contributed by atoms with van der Waals surface area (Å²) in [6.45, 7) is 3.70. The molecule has 0 aromatic carbocycles. The Balaban J connectivity index is 4.31. The molecule has 10 nitrogen and oxygen atoms in total. The van der Waals surface area contributed by atoms with Crippen molar-refractivity contribution in [1.82, 2.24) is 0 Å². The highest BCUT2D eigenvalue weighted by atomic mass is 31.2. The molecule has 0 radical (unpaired) electrons. The van der Waals surface area contributed by atoms with E-state index < -0.39 is 45.1 Å². The second-order valence-corrected chi connectivity index (χ2v) is 17.3. The maximum absolute atomic E-state index is 12.7. The predicted octanol–water partition coefficient (Wildman–Crippen LogP) is 13.9. The van der Waals surface area contributed by atoms with Crippen LogP contribution >= 0.6 is 7.82 Å². The lowest BCUT2D eigenvalue weighted by molar-refractivity contribution is -0.154. The average Bonchev–Trinajstić information content (AvgIpc) is 3.25. The molecule has 0 heterocycles. The van der Waals surface area contributed by atoms with Crippen LogP contribution in [0.2, 0.25) is 0 Å². The smallest absolute Gasteiger partial charge is 0.472 e. The van der Waals surface area contributed by atoms with Gasteiger partial charge < -0.3 is 25.2 Å². The number of hydrogen-bond acceptors (Lipinski definition) is 8. The topological polar surface area (TPSA) is 155 Å². The van der Waals surface area contributed by atoms with Gasteiger partial charge in [-0.05, 0) is 64.2 Å². The number of hydrogen-bond donors (Lipinski definition) is 3. The van der Waals surface area contributed by atoms with Crippen molar-refractivity contribution in [2.24, 2.45) is 5.73 Å². The van der Waals surface area contributed by atoms with Gasteiger partial charge in [0.15, 0.2) is 0 Å². The van der Waals surface area contributed by atoms with E-state index in [9.17, 15) is 19.0 Å². The van der Waals surface area contributed by atoms with Gasteiger partial charge in [-0.25, -0.2) is 4.57 Å². The van der Waals surface area contributed by atoms with E-state index in [4.69, 9.17) is 29.4 Å². The van der Waals surface area contributed by atoms with Crippen molar-refractivity contribution in [2.45, 2.75) is 199 Å². The minimum atomic E-state index is -4.64. The maximum atomic E-state index is 12.7. The number of carbonyl (C=O) groups excluding carboxylic acids is 1. The third-order valence-electron chi connectivity index (χ3n) is 9.94. The number of rotatable bonds is 45. The second kappa shape index (κ2) is 46.2. The average molecular weight is 890 g/mol. The number of nitrogens with two attached hydrogens (primary N) is 1. The molecule has 3 atom stereocenters. The first-order chi connectivity index (χ1) is 30.2. The number of allylic oxidation sites excluding steroid dienone is 14. The zero-order chi connectivity index (χ0) is 45.5. The Morgan fingerprint density at radius 2 is 0.919 bits per heavy atom. The number of esters is 1. The molecule has 4 N–H and O–H groups in total. The molecule has 0 aliphatic heterocycles. The monoisotopic (exact) mass is 890 g/mol. The molecule has 0 bridgehead atoms. The molecule has 0 fully saturated rings. The first-order valence-corrected chi connectivity index (χ1v) is 25.6. The molecule has 0 aliphatic rings. The second-order valence-electron chi connectivity index (χ2n) is 15.9. The lowest BCUT2D eigenvalue weighted by Gasteiger charge is -2.20. The Labute approximate surface area is 377 Å². The summed E-state index contributed by atoms with van der Waals surface area (Å²) in [5.41, 5.74) is 5.36. The zero-order valence-corrected chi connectivity index (χ0v) is 39.8. The van der Waals surface area contributed by atoms with Crippen LogP contribution in [0.4, 0.5) is 0 Å². The largest absolute Gasteiger partial charge is 0.480 e. The minimum Gasteiger partial charge on any atom is -0.480 e. The van der Waals surface area contributed by atoms with Gasteiger partial charge in [0.2, 0.25) is 0 Å². The van der Waals surface area contributed by atoms with Crippen LogP contribution in [-0.2, 0) is 32.7 Å². The van der Waals surface area contributed by atoms with E-state index in [1.807, 2.05) is 6.08 Å². The fraction of sp³-hybridized carbons (Fsp3) is 0.686. The molecule has 0 amide bonds. The lowest BCUT2D eigenvalue weighted by Crippen LogP contribution is -2.34. The zero-order valence-electron chi connectivity index (χ0n) is 38.9. The lowest BCUT2D eigenvalue weighted by atomic mass is 10.0. The standard InChI is InChI=1S/C51H88NO9P/c1-3-5-7-9-11-13-15-17-19-21-22-23-24-25-26-27-29-31-33-35-37-39-41-43-50(53)61-48(46-59-62(56,57)60-47-49(52)51(54)55)45-58-44-42-40-38-36-34-32-30-28-20-18-16-14-12-10-8-6-4-2/h5,7,11,13,17,19,22-23,25-26,29,31,35,37,48-49H,3-4,6,8-10,12,14-16,18,20-21,24,27-28,30,32-34,36,38-47,52H2,1-2H3,(H,54,55)(H,56,57)/b7-5-,13-11-,19-17-,23-22-,26-25-,31-29-,37-35-. The van der Waals surface area contributed by atoms with Crippen LogP contribution in [0, 0.1) is 0 Å². The molecule has 0 aromatic heterocycles. The summed E-state index contributed by atoms with van der Waals surface area (Å²) in [6.07, 6.45) is 59.3. The summed E-state index contributed by atoms with van der Waals surface area (Å²) in [4.78, 5) is 33.6. The van der Waals surface area contributed by atoms with Crippen LogP contribution in [0.3, 0.4) is 0 Å². The Kier molecular flexibility index (Phi) is 44.0. The van der Waals surface area contributed by atoms with Crippen LogP contribution in [0.5, 0.6) is 0 Å². The van der Waals surface area contributed by atoms with Gasteiger partial charge in [-0.15, -0.1) is 0 Å². The van der Waals surface area contributed by atoms with Gasteiger partial charge in [-0.2, -0.15) is 0 Å². The highest BCUT2D eigenvalue weighted by Crippen LogP contribution is 2.43. The number of carboxylic acid groups (broad SMARTS) is 1. The number of unbranched alkanes of at least 4 members (excludes halogenated alkanes) is 17. The Bertz CT molecular complexity index is 1310. The van der Waals surface area contributed by atoms with Gasteiger partial charge >= 0.3 is 19.8 Å². The quantitative estimate of drug-likeness (QED) is 0.0233. The molecule has 3 unspecified atom stereocenters. The molecular formula is C51H88NO9P. The van der Waals surface area contributed by atoms with Crippen LogP contribution in [0.25, 0.3) is 0 Å². The molecule has 0 aliphatic carbocycles. The number of phosphoric ester groups is 1. The number of carboxylic acids is 1. The summed E-state index contributed by atoms with van der Waals surface area (Å²) >= 11 is 0. The van der Waals surface area contributed by atoms with Crippen molar-refractivity contribution >= 4 is 19.8 Å². The summed E-state index contributed by atoms with van der Waals surface area (Å²) in [7, 11) is -4.64. The Morgan fingerprint density at radius 3 is 1.34 bits per heavy atom. The third-order valence-corrected chi connectivity index (χ3v) is 10.9. The van der Waals surface area contributed by atoms with E-state index in [1.165, 1.54) is 89.9 Å². The summed E-state index contributed by atoms with van der Waals surface area (Å²) in [5.74, 6) is -1.84. The van der Waals surface area contributed by atoms with E-state index >= 15 is 0 Å². The fourth-order valence-electron chi connectivity index (χ4n) is 6.24. The molecule has 11 heteroatoms. The van der Waals surface area contributed by atoms with E-state index in [-0.39, 0.29) is 13.0 Å². The molecule has 356 valence electrons. The SMILES string of the molecule is CC/C=C\C/C=C\C/C=C\C/C=C\C/C=C\C/C=C\C/C=C\CCCC(=O)OC(COCCCCCCCCCCCCCCCCCCC)COP(=O)(O)OCC(N)C(=O)O. The van der Waals surface area contributed by atoms with E-state index in [1.54, 1.807) is 0 Å². The highest BCUT2D eigenvalue weighted by molar-refractivity contribution is 7.47. The first-order valence-electron chi connectivity index (χ1n) is 24.1. The van der Waals surface area contributed by atoms with Gasteiger partial charge in [0.1, 0.15) is 12.1 Å². The summed E-state index contributed by atoms with van der Waals surface area (Å²) in [6, 6.07) is -1.49. The number of aliphatic carboxylic acids is 1. The van der Waals surface area contributed by atoms with E-state index in [0.717, 1.165) is 64.2 Å². The fourth-order valence-corrected chi connectivity index (χ4v) is 7.02. The third kappa shape index (κ3) is 45.2. The summed E-state index contributed by atoms with van der Waals surface area (Å²) < 4.78 is 33.4. The molecular weight excluding hydrogens is 802 g/mol. The molecule has 0 aromatic rings. The van der Waals surface area contributed by atoms with Gasteiger partial charge in [0, 0.05) is 13.0 Å². The van der Waals surface area contributed by atoms with Crippen molar-refractivity contribution in [3.63, 3.8) is 0 Å². The van der Waals surface area contributed by atoms with Gasteiger partial charge in [0.25, 0.3) is 0 Å². The Morgan fingerprint density at radius 1 is 0.532 bits per heavy atom. The summed E-state index contributed by atoms with van der Waals surface area (Å²) in [5, 5.41) is 8.92. The van der Waals surface area contributed by atoms with Gasteiger partial charge in [0.05, 0.1) is 19.8 Å². The van der Waals surface area contributed by atoms with Crippen LogP contribution in [0.1, 0.15) is 187 Å². The number of carbonyl (C=O) groups is 2. The molecule has 0 spiro atoms. The van der Waals surface area contributed by atoms with Crippen molar-refractivity contribution in [3.8, 4) is 0 Å². The van der Waals surface area contributed by atoms with Crippen LogP contribution < -0.4 is 5.73 Å². The van der Waals surface area contributed by atoms with E-state index in [0.29, 0.717) is 19.4 Å². The van der Waals surface area contributed by atoms with Crippen molar-refractivity contribution in [3.05, 3.63) is 85.1 Å². The van der Waals surface area contributed by atoms with Gasteiger partial charge in [-0.3, -0.25) is 18.6 Å². The van der Waals surface area contributed by atoms with Crippen molar-refractivity contribution in [2.75, 3.05) is 26.4 Å².